The number of anilines is 1. The van der Waals surface area contributed by atoms with E-state index >= 15 is 0 Å². The van der Waals surface area contributed by atoms with Gasteiger partial charge < -0.3 is 5.11 Å². The number of benzene rings is 1. The number of aryl methyl sites for hydroxylation is 1. The fourth-order valence-corrected chi connectivity index (χ4v) is 4.98. The van der Waals surface area contributed by atoms with Crippen LogP contribution in [0, 0.1) is 6.92 Å². The first-order valence-electron chi connectivity index (χ1n) is 10.6. The van der Waals surface area contributed by atoms with Crippen LogP contribution in [0.4, 0.5) is 10.5 Å². The summed E-state index contributed by atoms with van der Waals surface area (Å²) in [5, 5.41) is 10.1. The van der Waals surface area contributed by atoms with Gasteiger partial charge in [0.25, 0.3) is 0 Å². The Balaban J connectivity index is 2.64. The Hall–Kier alpha value is -2.45. The number of pyridine rings is 1. The summed E-state index contributed by atoms with van der Waals surface area (Å²) in [6.07, 6.45) is 0.416. The van der Waals surface area contributed by atoms with Crippen molar-refractivity contribution in [3.8, 4) is 0 Å². The zero-order valence-electron chi connectivity index (χ0n) is 20.2. The second-order valence-electron chi connectivity index (χ2n) is 10.3. The summed E-state index contributed by atoms with van der Waals surface area (Å²) in [5.74, 6) is 0. The average molecular weight is 462 g/mol. The zero-order valence-corrected chi connectivity index (χ0v) is 21.0. The molecule has 2 N–H and O–H groups in total. The van der Waals surface area contributed by atoms with Gasteiger partial charge in [0.15, 0.2) is 0 Å². The normalized spacial score (nSPS) is 13.6. The first-order chi connectivity index (χ1) is 14.5. The summed E-state index contributed by atoms with van der Waals surface area (Å²) in [5.41, 5.74) is 2.21. The van der Waals surface area contributed by atoms with Crippen molar-refractivity contribution in [2.24, 2.45) is 0 Å². The standard InChI is InChI=1S/C24H35N3O4S/c1-16-13-19(23(3,4)5)21(20(14-16)24(6,7)8)27(22(28)29)32(30,31)26-17(2)15-18-11-9-10-12-25-18/h9-14,17,26H,15H2,1-8H3,(H,28,29). The molecule has 0 saturated heterocycles. The molecule has 1 amide bonds. The Labute approximate surface area is 192 Å². The lowest BCUT2D eigenvalue weighted by molar-refractivity contribution is 0.206. The van der Waals surface area contributed by atoms with E-state index in [9.17, 15) is 18.3 Å². The number of amides is 1. The van der Waals surface area contributed by atoms with Crippen LogP contribution in [0.5, 0.6) is 0 Å². The van der Waals surface area contributed by atoms with Gasteiger partial charge in [0.05, 0.1) is 5.69 Å². The number of nitrogens with zero attached hydrogens (tertiary/aromatic N) is 2. The van der Waals surface area contributed by atoms with Gasteiger partial charge in [0, 0.05) is 24.4 Å². The molecule has 176 valence electrons. The lowest BCUT2D eigenvalue weighted by Crippen LogP contribution is -2.49. The third-order valence-corrected chi connectivity index (χ3v) is 6.60. The van der Waals surface area contributed by atoms with Gasteiger partial charge >= 0.3 is 16.3 Å². The van der Waals surface area contributed by atoms with Crippen molar-refractivity contribution in [2.75, 3.05) is 4.31 Å². The molecule has 1 aromatic heterocycles. The molecule has 1 atom stereocenters. The lowest BCUT2D eigenvalue weighted by atomic mass is 9.77. The van der Waals surface area contributed by atoms with E-state index in [1.807, 2.05) is 66.7 Å². The smallest absolute Gasteiger partial charge is 0.426 e. The van der Waals surface area contributed by atoms with Crippen molar-refractivity contribution < 1.29 is 18.3 Å². The summed E-state index contributed by atoms with van der Waals surface area (Å²) in [6, 6.07) is 8.59. The predicted molar refractivity (Wildman–Crippen MR) is 129 cm³/mol. The van der Waals surface area contributed by atoms with Crippen molar-refractivity contribution in [2.45, 2.75) is 78.7 Å². The molecule has 32 heavy (non-hydrogen) atoms. The van der Waals surface area contributed by atoms with E-state index < -0.39 is 33.2 Å². The molecule has 0 aliphatic rings. The maximum Gasteiger partial charge on any atom is 0.426 e. The van der Waals surface area contributed by atoms with E-state index in [1.54, 1.807) is 25.3 Å². The number of carboxylic acid groups (broad SMARTS) is 1. The molecule has 0 radical (unpaired) electrons. The Morgan fingerprint density at radius 3 is 2.03 bits per heavy atom. The van der Waals surface area contributed by atoms with Crippen molar-refractivity contribution in [1.29, 1.82) is 0 Å². The second kappa shape index (κ2) is 9.19. The minimum atomic E-state index is -4.42. The molecular formula is C24H35N3O4S. The number of rotatable bonds is 6. The number of nitrogens with one attached hydrogen (secondary N) is 1. The Kier molecular flexibility index (Phi) is 7.41. The highest BCUT2D eigenvalue weighted by Gasteiger charge is 2.38. The molecule has 1 heterocycles. The second-order valence-corrected chi connectivity index (χ2v) is 11.9. The molecule has 1 unspecified atom stereocenters. The largest absolute Gasteiger partial charge is 0.464 e. The van der Waals surface area contributed by atoms with E-state index in [4.69, 9.17) is 0 Å². The van der Waals surface area contributed by atoms with Crippen molar-refractivity contribution in [3.05, 3.63) is 58.9 Å². The van der Waals surface area contributed by atoms with Gasteiger partial charge in [0.1, 0.15) is 0 Å². The molecular weight excluding hydrogens is 426 g/mol. The molecule has 1 aromatic carbocycles. The summed E-state index contributed by atoms with van der Waals surface area (Å²) < 4.78 is 29.9. The van der Waals surface area contributed by atoms with Gasteiger partial charge in [-0.3, -0.25) is 4.98 Å². The highest BCUT2D eigenvalue weighted by atomic mass is 32.2. The molecule has 0 aliphatic carbocycles. The maximum atomic E-state index is 13.4. The Morgan fingerprint density at radius 1 is 1.09 bits per heavy atom. The maximum absolute atomic E-state index is 13.4. The number of carbonyl (C=O) groups is 1. The molecule has 2 rings (SSSR count). The molecule has 0 aliphatic heterocycles. The quantitative estimate of drug-likeness (QED) is 0.635. The summed E-state index contributed by atoms with van der Waals surface area (Å²) >= 11 is 0. The zero-order chi connectivity index (χ0) is 24.5. The predicted octanol–water partition coefficient (Wildman–Crippen LogP) is 4.94. The van der Waals surface area contributed by atoms with Crippen LogP contribution in [-0.4, -0.2) is 30.6 Å². The van der Waals surface area contributed by atoms with Crippen LogP contribution in [0.25, 0.3) is 0 Å². The summed E-state index contributed by atoms with van der Waals surface area (Å²) in [7, 11) is -4.42. The Morgan fingerprint density at radius 2 is 1.62 bits per heavy atom. The molecule has 0 bridgehead atoms. The van der Waals surface area contributed by atoms with Gasteiger partial charge in [-0.15, -0.1) is 0 Å². The average Bonchev–Trinajstić information content (AvgIpc) is 2.60. The van der Waals surface area contributed by atoms with Gasteiger partial charge in [-0.1, -0.05) is 65.3 Å². The first kappa shape index (κ1) is 25.8. The third kappa shape index (κ3) is 6.07. The van der Waals surface area contributed by atoms with Crippen LogP contribution in [0.1, 0.15) is 70.9 Å². The first-order valence-corrected chi connectivity index (χ1v) is 12.1. The minimum Gasteiger partial charge on any atom is -0.464 e. The highest BCUT2D eigenvalue weighted by molar-refractivity contribution is 7.91. The topological polar surface area (TPSA) is 99.6 Å². The molecule has 7 nitrogen and oxygen atoms in total. The van der Waals surface area contributed by atoms with E-state index in [1.165, 1.54) is 0 Å². The fourth-order valence-electron chi connectivity index (χ4n) is 3.64. The van der Waals surface area contributed by atoms with Gasteiger partial charge in [-0.05, 0) is 47.9 Å². The van der Waals surface area contributed by atoms with Crippen molar-refractivity contribution in [3.63, 3.8) is 0 Å². The number of hydrogen-bond donors (Lipinski definition) is 2. The lowest BCUT2D eigenvalue weighted by Gasteiger charge is -2.34. The molecule has 8 heteroatoms. The van der Waals surface area contributed by atoms with Gasteiger partial charge in [-0.25, -0.2) is 4.79 Å². The fraction of sp³-hybridized carbons (Fsp3) is 0.500. The van der Waals surface area contributed by atoms with Crippen LogP contribution in [-0.2, 0) is 27.5 Å². The van der Waals surface area contributed by atoms with E-state index in [0.29, 0.717) is 27.5 Å². The minimum absolute atomic E-state index is 0.195. The SMILES string of the molecule is Cc1cc(C(C)(C)C)c(N(C(=O)O)S(=O)(=O)NC(C)Cc2ccccn2)c(C(C)(C)C)c1. The van der Waals surface area contributed by atoms with E-state index in [-0.39, 0.29) is 5.69 Å². The molecule has 0 spiro atoms. The van der Waals surface area contributed by atoms with Crippen LogP contribution in [0.2, 0.25) is 0 Å². The molecule has 0 saturated carbocycles. The van der Waals surface area contributed by atoms with Gasteiger partial charge in [-0.2, -0.15) is 17.4 Å². The van der Waals surface area contributed by atoms with Crippen LogP contribution >= 0.6 is 0 Å². The van der Waals surface area contributed by atoms with Crippen LogP contribution in [0.15, 0.2) is 36.5 Å². The van der Waals surface area contributed by atoms with Crippen molar-refractivity contribution in [1.82, 2.24) is 9.71 Å². The van der Waals surface area contributed by atoms with E-state index in [2.05, 4.69) is 9.71 Å². The molecule has 2 aromatic rings. The summed E-state index contributed by atoms with van der Waals surface area (Å²) in [4.78, 5) is 16.6. The van der Waals surface area contributed by atoms with Gasteiger partial charge in [0.2, 0.25) is 0 Å². The monoisotopic (exact) mass is 461 g/mol. The number of hydrogen-bond acceptors (Lipinski definition) is 4. The Bertz CT molecular complexity index is 1030. The highest BCUT2D eigenvalue weighted by Crippen LogP contribution is 2.42. The van der Waals surface area contributed by atoms with Crippen LogP contribution in [0.3, 0.4) is 0 Å². The third-order valence-electron chi connectivity index (χ3n) is 5.08. The van der Waals surface area contributed by atoms with E-state index in [0.717, 1.165) is 5.56 Å². The molecule has 0 fully saturated rings. The van der Waals surface area contributed by atoms with Crippen LogP contribution < -0.4 is 9.03 Å². The number of aromatic nitrogens is 1. The summed E-state index contributed by atoms with van der Waals surface area (Å²) in [6.45, 7) is 15.3. The van der Waals surface area contributed by atoms with Crippen molar-refractivity contribution >= 4 is 22.0 Å².